The molecule has 5 heteroatoms. The van der Waals surface area contributed by atoms with Crippen LogP contribution >= 0.6 is 0 Å². The number of aldehydes is 1. The third-order valence-electron chi connectivity index (χ3n) is 3.32. The highest BCUT2D eigenvalue weighted by atomic mass is 32.2. The molecular weight excluding hydrogens is 240 g/mol. The minimum atomic E-state index is -3.56. The smallest absolute Gasteiger partial charge is 0.190 e. The van der Waals surface area contributed by atoms with Crippen LogP contribution in [0.3, 0.4) is 0 Å². The van der Waals surface area contributed by atoms with E-state index in [2.05, 4.69) is 0 Å². The number of rotatable bonds is 4. The highest BCUT2D eigenvalue weighted by Gasteiger charge is 2.49. The number of benzene rings is 1. The predicted octanol–water partition coefficient (Wildman–Crippen LogP) is 1.59. The molecule has 1 fully saturated rings. The molecule has 4 nitrogen and oxygen atoms in total. The van der Waals surface area contributed by atoms with Gasteiger partial charge in [0.2, 0.25) is 0 Å². The van der Waals surface area contributed by atoms with E-state index in [9.17, 15) is 13.2 Å². The molecule has 92 valence electrons. The van der Waals surface area contributed by atoms with Gasteiger partial charge < -0.3 is 9.53 Å². The summed E-state index contributed by atoms with van der Waals surface area (Å²) in [4.78, 5) is 11.2. The largest absolute Gasteiger partial charge is 0.497 e. The summed E-state index contributed by atoms with van der Waals surface area (Å²) in [5.41, 5.74) is 0. The average molecular weight is 254 g/mol. The van der Waals surface area contributed by atoms with Crippen LogP contribution in [0.25, 0.3) is 0 Å². The van der Waals surface area contributed by atoms with Crippen LogP contribution in [0.15, 0.2) is 29.2 Å². The molecule has 0 saturated heterocycles. The molecule has 1 aromatic rings. The van der Waals surface area contributed by atoms with Crippen molar-refractivity contribution in [2.24, 2.45) is 0 Å². The molecule has 0 radical (unpaired) electrons. The number of hydrogen-bond donors (Lipinski definition) is 0. The first kappa shape index (κ1) is 12.1. The zero-order valence-electron chi connectivity index (χ0n) is 9.55. The summed E-state index contributed by atoms with van der Waals surface area (Å²) in [5, 5.41) is 0. The molecule has 0 aliphatic heterocycles. The number of carbonyl (C=O) groups excluding carboxylic acids is 1. The van der Waals surface area contributed by atoms with Gasteiger partial charge in [-0.2, -0.15) is 0 Å². The zero-order chi connectivity index (χ0) is 12.5. The summed E-state index contributed by atoms with van der Waals surface area (Å²) in [6.07, 6.45) is 2.21. The van der Waals surface area contributed by atoms with Crippen molar-refractivity contribution in [3.8, 4) is 5.75 Å². The quantitative estimate of drug-likeness (QED) is 0.765. The molecule has 0 atom stereocenters. The van der Waals surface area contributed by atoms with Crippen molar-refractivity contribution < 1.29 is 17.9 Å². The molecule has 2 rings (SSSR count). The van der Waals surface area contributed by atoms with E-state index in [0.29, 0.717) is 24.9 Å². The highest BCUT2D eigenvalue weighted by molar-refractivity contribution is 7.93. The van der Waals surface area contributed by atoms with Gasteiger partial charge in [0.25, 0.3) is 0 Å². The molecule has 0 heterocycles. The van der Waals surface area contributed by atoms with Crippen molar-refractivity contribution in [2.45, 2.75) is 28.9 Å². The summed E-state index contributed by atoms with van der Waals surface area (Å²) in [6, 6.07) is 6.14. The first-order valence-electron chi connectivity index (χ1n) is 5.41. The van der Waals surface area contributed by atoms with Crippen LogP contribution in [0.1, 0.15) is 19.3 Å². The lowest BCUT2D eigenvalue weighted by molar-refractivity contribution is -0.111. The Kier molecular flexibility index (Phi) is 2.95. The van der Waals surface area contributed by atoms with Crippen molar-refractivity contribution in [1.29, 1.82) is 0 Å². The second-order valence-electron chi connectivity index (χ2n) is 4.22. The summed E-state index contributed by atoms with van der Waals surface area (Å²) in [7, 11) is -2.05. The van der Waals surface area contributed by atoms with Crippen LogP contribution in [0.5, 0.6) is 5.75 Å². The Balaban J connectivity index is 2.41. The van der Waals surface area contributed by atoms with Crippen LogP contribution < -0.4 is 4.74 Å². The normalized spacial score (nSPS) is 18.2. The Labute approximate surface area is 101 Å². The topological polar surface area (TPSA) is 60.4 Å². The fraction of sp³-hybridized carbons (Fsp3) is 0.417. The Morgan fingerprint density at radius 3 is 2.18 bits per heavy atom. The lowest BCUT2D eigenvalue weighted by Gasteiger charge is -2.35. The van der Waals surface area contributed by atoms with Gasteiger partial charge in [0.05, 0.1) is 12.0 Å². The van der Waals surface area contributed by atoms with E-state index in [0.717, 1.165) is 6.42 Å². The maximum Gasteiger partial charge on any atom is 0.190 e. The SMILES string of the molecule is COc1ccc(S(=O)(=O)C2(C=O)CCC2)cc1. The van der Waals surface area contributed by atoms with Crippen LogP contribution in [0.4, 0.5) is 0 Å². The Morgan fingerprint density at radius 1 is 1.24 bits per heavy atom. The highest BCUT2D eigenvalue weighted by Crippen LogP contribution is 2.41. The monoisotopic (exact) mass is 254 g/mol. The number of carbonyl (C=O) groups is 1. The van der Waals surface area contributed by atoms with Gasteiger partial charge in [0.1, 0.15) is 16.8 Å². The van der Waals surface area contributed by atoms with Crippen molar-refractivity contribution in [1.82, 2.24) is 0 Å². The number of hydrogen-bond acceptors (Lipinski definition) is 4. The molecule has 17 heavy (non-hydrogen) atoms. The Morgan fingerprint density at radius 2 is 1.82 bits per heavy atom. The van der Waals surface area contributed by atoms with Crippen molar-refractivity contribution in [2.75, 3.05) is 7.11 Å². The van der Waals surface area contributed by atoms with Gasteiger partial charge in [-0.1, -0.05) is 0 Å². The molecule has 0 aromatic heterocycles. The fourth-order valence-corrected chi connectivity index (χ4v) is 3.88. The van der Waals surface area contributed by atoms with Gasteiger partial charge in [-0.15, -0.1) is 0 Å². The number of sulfone groups is 1. The number of methoxy groups -OCH3 is 1. The second kappa shape index (κ2) is 4.14. The molecular formula is C12H14O4S. The van der Waals surface area contributed by atoms with Gasteiger partial charge >= 0.3 is 0 Å². The van der Waals surface area contributed by atoms with Crippen molar-refractivity contribution >= 4 is 16.1 Å². The minimum absolute atomic E-state index is 0.185. The van der Waals surface area contributed by atoms with Crippen LogP contribution in [0.2, 0.25) is 0 Å². The van der Waals surface area contributed by atoms with Gasteiger partial charge in [-0.25, -0.2) is 8.42 Å². The van der Waals surface area contributed by atoms with Crippen molar-refractivity contribution in [3.05, 3.63) is 24.3 Å². The van der Waals surface area contributed by atoms with Gasteiger partial charge in [0, 0.05) is 0 Å². The lowest BCUT2D eigenvalue weighted by atomic mass is 9.86. The summed E-state index contributed by atoms with van der Waals surface area (Å²) < 4.78 is 28.4. The van der Waals surface area contributed by atoms with Crippen LogP contribution in [-0.2, 0) is 14.6 Å². The molecule has 1 aliphatic carbocycles. The van der Waals surface area contributed by atoms with Gasteiger partial charge in [0.15, 0.2) is 9.84 Å². The Bertz CT molecular complexity index is 512. The van der Waals surface area contributed by atoms with E-state index in [1.54, 1.807) is 12.1 Å². The fourth-order valence-electron chi connectivity index (χ4n) is 1.96. The summed E-state index contributed by atoms with van der Waals surface area (Å²) in [5.74, 6) is 0.595. The maximum absolute atomic E-state index is 12.3. The third kappa shape index (κ3) is 1.74. The molecule has 1 saturated carbocycles. The summed E-state index contributed by atoms with van der Waals surface area (Å²) in [6.45, 7) is 0. The van der Waals surface area contributed by atoms with E-state index in [1.165, 1.54) is 19.2 Å². The van der Waals surface area contributed by atoms with Crippen LogP contribution in [-0.4, -0.2) is 26.6 Å². The third-order valence-corrected chi connectivity index (χ3v) is 5.79. The second-order valence-corrected chi connectivity index (χ2v) is 6.51. The molecule has 1 aliphatic rings. The maximum atomic E-state index is 12.3. The molecule has 1 aromatic carbocycles. The van der Waals surface area contributed by atoms with E-state index < -0.39 is 14.6 Å². The predicted molar refractivity (Wildman–Crippen MR) is 62.8 cm³/mol. The minimum Gasteiger partial charge on any atom is -0.497 e. The molecule has 0 bridgehead atoms. The van der Waals surface area contributed by atoms with E-state index >= 15 is 0 Å². The lowest BCUT2D eigenvalue weighted by Crippen LogP contribution is -2.46. The molecule has 0 unspecified atom stereocenters. The summed E-state index contributed by atoms with van der Waals surface area (Å²) >= 11 is 0. The Hall–Kier alpha value is -1.36. The van der Waals surface area contributed by atoms with Crippen molar-refractivity contribution in [3.63, 3.8) is 0 Å². The molecule has 0 N–H and O–H groups in total. The molecule has 0 amide bonds. The van der Waals surface area contributed by atoms with Crippen LogP contribution in [0, 0.1) is 0 Å². The van der Waals surface area contributed by atoms with E-state index in [1.807, 2.05) is 0 Å². The first-order valence-corrected chi connectivity index (χ1v) is 6.89. The standard InChI is InChI=1S/C12H14O4S/c1-16-10-3-5-11(6-4-10)17(14,15)12(9-13)7-2-8-12/h3-6,9H,2,7-8H2,1H3. The van der Waals surface area contributed by atoms with Gasteiger partial charge in [-0.3, -0.25) is 0 Å². The van der Waals surface area contributed by atoms with Gasteiger partial charge in [-0.05, 0) is 43.5 Å². The number of ether oxygens (including phenoxy) is 1. The van der Waals surface area contributed by atoms with E-state index in [-0.39, 0.29) is 4.90 Å². The van der Waals surface area contributed by atoms with E-state index in [4.69, 9.17) is 4.74 Å². The zero-order valence-corrected chi connectivity index (χ0v) is 10.4. The molecule has 0 spiro atoms. The first-order chi connectivity index (χ1) is 8.05. The average Bonchev–Trinajstić information content (AvgIpc) is 2.28.